The second-order valence-electron chi connectivity index (χ2n) is 9.23. The number of carbonyl (C=O) groups excluding carboxylic acids is 1. The summed E-state index contributed by atoms with van der Waals surface area (Å²) in [7, 11) is 0. The molecular weight excluding hydrogens is 540 g/mol. The molecule has 14 heteroatoms. The Balaban J connectivity index is 1.42. The van der Waals surface area contributed by atoms with Gasteiger partial charge in [0.25, 0.3) is 0 Å². The van der Waals surface area contributed by atoms with Gasteiger partial charge in [-0.15, -0.1) is 0 Å². The highest BCUT2D eigenvalue weighted by Gasteiger charge is 2.36. The van der Waals surface area contributed by atoms with Crippen LogP contribution in [0.5, 0.6) is 0 Å². The van der Waals surface area contributed by atoms with Crippen molar-refractivity contribution in [3.05, 3.63) is 52.9 Å². The number of pyridine rings is 1. The smallest absolute Gasteiger partial charge is 0.353 e. The summed E-state index contributed by atoms with van der Waals surface area (Å²) in [6, 6.07) is 6.49. The first-order valence-electron chi connectivity index (χ1n) is 12.3. The summed E-state index contributed by atoms with van der Waals surface area (Å²) >= 11 is 6.01. The number of benzene rings is 1. The second-order valence-corrected chi connectivity index (χ2v) is 9.63. The van der Waals surface area contributed by atoms with Gasteiger partial charge in [-0.2, -0.15) is 28.1 Å². The van der Waals surface area contributed by atoms with Crippen LogP contribution in [0.3, 0.4) is 0 Å². The zero-order valence-corrected chi connectivity index (χ0v) is 21.8. The minimum atomic E-state index is -4.51. The van der Waals surface area contributed by atoms with E-state index in [-0.39, 0.29) is 35.7 Å². The molecule has 0 N–H and O–H groups in total. The molecule has 0 radical (unpaired) electrons. The van der Waals surface area contributed by atoms with Crippen molar-refractivity contribution in [2.75, 3.05) is 67.1 Å². The van der Waals surface area contributed by atoms with Crippen LogP contribution in [0, 0.1) is 5.82 Å². The van der Waals surface area contributed by atoms with Crippen LogP contribution in [0.15, 0.2) is 36.5 Å². The lowest BCUT2D eigenvalue weighted by Crippen LogP contribution is -2.49. The van der Waals surface area contributed by atoms with E-state index in [1.54, 1.807) is 9.80 Å². The molecule has 1 aromatic carbocycles. The molecular formula is C25H25ClF4N8O. The van der Waals surface area contributed by atoms with Gasteiger partial charge in [0.1, 0.15) is 11.6 Å². The average Bonchev–Trinajstić information content (AvgIpc) is 2.94. The van der Waals surface area contributed by atoms with E-state index in [0.29, 0.717) is 56.7 Å². The third-order valence-corrected chi connectivity index (χ3v) is 7.04. The quantitative estimate of drug-likeness (QED) is 0.444. The molecule has 0 atom stereocenters. The standard InChI is InChI=1S/C25H25ClF4N8O/c1-16(39)35-7-11-37(12-8-35)23-32-21(17-4-5-20(27)19(26)15-17)33-24(34-23)38-13-9-36(10-14-38)22-18(25(28,29)30)3-2-6-31-22/h2-6,15H,7-14H2,1H3. The molecule has 3 aromatic rings. The molecule has 9 nitrogen and oxygen atoms in total. The SMILES string of the molecule is CC(=O)N1CCN(c2nc(-c3ccc(F)c(Cl)c3)nc(N3CCN(c4ncccc4C(F)(F)F)CC3)n2)CC1. The van der Waals surface area contributed by atoms with E-state index in [9.17, 15) is 22.4 Å². The first-order valence-corrected chi connectivity index (χ1v) is 12.7. The van der Waals surface area contributed by atoms with Crippen molar-refractivity contribution in [3.8, 4) is 11.4 Å². The number of hydrogen-bond donors (Lipinski definition) is 0. The lowest BCUT2D eigenvalue weighted by atomic mass is 10.2. The lowest BCUT2D eigenvalue weighted by molar-refractivity contribution is -0.137. The molecule has 2 aromatic heterocycles. The van der Waals surface area contributed by atoms with Gasteiger partial charge in [0, 0.05) is 71.0 Å². The fourth-order valence-corrected chi connectivity index (χ4v) is 4.79. The number of hydrogen-bond acceptors (Lipinski definition) is 8. The number of rotatable bonds is 4. The molecule has 0 aliphatic carbocycles. The van der Waals surface area contributed by atoms with Crippen molar-refractivity contribution in [2.45, 2.75) is 13.1 Å². The summed E-state index contributed by atoms with van der Waals surface area (Å²) < 4.78 is 54.4. The van der Waals surface area contributed by atoms with E-state index >= 15 is 0 Å². The Morgan fingerprint density at radius 1 is 0.872 bits per heavy atom. The summed E-state index contributed by atoms with van der Waals surface area (Å²) in [5.74, 6) is 0.348. The van der Waals surface area contributed by atoms with Crippen LogP contribution in [-0.4, -0.2) is 83.1 Å². The molecule has 0 unspecified atom stereocenters. The molecule has 2 fully saturated rings. The average molecular weight is 565 g/mol. The zero-order chi connectivity index (χ0) is 27.7. The largest absolute Gasteiger partial charge is 0.419 e. The van der Waals surface area contributed by atoms with Crippen molar-refractivity contribution in [3.63, 3.8) is 0 Å². The number of anilines is 3. The van der Waals surface area contributed by atoms with Crippen LogP contribution in [0.1, 0.15) is 12.5 Å². The zero-order valence-electron chi connectivity index (χ0n) is 21.0. The van der Waals surface area contributed by atoms with Gasteiger partial charge in [0.15, 0.2) is 5.82 Å². The fraction of sp³-hybridized carbons (Fsp3) is 0.400. The van der Waals surface area contributed by atoms with E-state index in [1.807, 2.05) is 9.80 Å². The molecule has 0 bridgehead atoms. The van der Waals surface area contributed by atoms with Gasteiger partial charge in [-0.3, -0.25) is 4.79 Å². The molecule has 2 saturated heterocycles. The van der Waals surface area contributed by atoms with Gasteiger partial charge in [0.2, 0.25) is 17.8 Å². The van der Waals surface area contributed by atoms with Gasteiger partial charge in [-0.25, -0.2) is 9.37 Å². The molecule has 0 spiro atoms. The minimum absolute atomic E-state index is 0.00733. The maximum Gasteiger partial charge on any atom is 0.419 e. The summed E-state index contributed by atoms with van der Waals surface area (Å²) in [6.45, 7) is 4.82. The molecule has 206 valence electrons. The number of alkyl halides is 3. The highest BCUT2D eigenvalue weighted by Crippen LogP contribution is 2.35. The minimum Gasteiger partial charge on any atom is -0.353 e. The highest BCUT2D eigenvalue weighted by molar-refractivity contribution is 6.31. The Bertz CT molecular complexity index is 1360. The van der Waals surface area contributed by atoms with Crippen molar-refractivity contribution < 1.29 is 22.4 Å². The Morgan fingerprint density at radius 3 is 2.03 bits per heavy atom. The van der Waals surface area contributed by atoms with Crippen LogP contribution in [-0.2, 0) is 11.0 Å². The fourth-order valence-electron chi connectivity index (χ4n) is 4.61. The van der Waals surface area contributed by atoms with Crippen LogP contribution >= 0.6 is 11.6 Å². The monoisotopic (exact) mass is 564 g/mol. The summed E-state index contributed by atoms with van der Waals surface area (Å²) in [5, 5.41) is -0.0736. The summed E-state index contributed by atoms with van der Waals surface area (Å²) in [4.78, 5) is 36.8. The molecule has 39 heavy (non-hydrogen) atoms. The number of carbonyl (C=O) groups is 1. The molecule has 2 aliphatic rings. The highest BCUT2D eigenvalue weighted by atomic mass is 35.5. The first kappa shape index (κ1) is 26.9. The molecule has 5 rings (SSSR count). The topological polar surface area (TPSA) is 81.6 Å². The predicted molar refractivity (Wildman–Crippen MR) is 138 cm³/mol. The van der Waals surface area contributed by atoms with E-state index in [1.165, 1.54) is 37.4 Å². The number of nitrogens with zero attached hydrogens (tertiary/aromatic N) is 8. The van der Waals surface area contributed by atoms with Crippen LogP contribution in [0.2, 0.25) is 5.02 Å². The van der Waals surface area contributed by atoms with E-state index in [4.69, 9.17) is 11.6 Å². The van der Waals surface area contributed by atoms with Gasteiger partial charge in [0.05, 0.1) is 10.6 Å². The van der Waals surface area contributed by atoms with Gasteiger partial charge in [-0.1, -0.05) is 11.6 Å². The Kier molecular flexibility index (Phi) is 7.43. The van der Waals surface area contributed by atoms with E-state index < -0.39 is 17.6 Å². The molecule has 4 heterocycles. The van der Waals surface area contributed by atoms with E-state index in [2.05, 4.69) is 19.9 Å². The number of amides is 1. The van der Waals surface area contributed by atoms with Crippen molar-refractivity contribution in [2.24, 2.45) is 0 Å². The maximum absolute atomic E-state index is 13.8. The molecule has 0 saturated carbocycles. The number of halogens is 5. The Hall–Kier alpha value is -3.74. The Morgan fingerprint density at radius 2 is 1.46 bits per heavy atom. The first-order chi connectivity index (χ1) is 18.6. The summed E-state index contributed by atoms with van der Waals surface area (Å²) in [6.07, 6.45) is -3.16. The van der Waals surface area contributed by atoms with Gasteiger partial charge >= 0.3 is 6.18 Å². The Labute approximate surface area is 227 Å². The number of piperazine rings is 2. The predicted octanol–water partition coefficient (Wildman–Crippen LogP) is 3.74. The van der Waals surface area contributed by atoms with Crippen LogP contribution < -0.4 is 14.7 Å². The lowest BCUT2D eigenvalue weighted by Gasteiger charge is -2.37. The summed E-state index contributed by atoms with van der Waals surface area (Å²) in [5.41, 5.74) is -0.281. The van der Waals surface area contributed by atoms with Gasteiger partial charge in [-0.05, 0) is 30.3 Å². The molecule has 1 amide bonds. The van der Waals surface area contributed by atoms with Crippen molar-refractivity contribution in [1.29, 1.82) is 0 Å². The third-order valence-electron chi connectivity index (χ3n) is 6.75. The number of aromatic nitrogens is 4. The van der Waals surface area contributed by atoms with Gasteiger partial charge < -0.3 is 19.6 Å². The third kappa shape index (κ3) is 5.82. The second kappa shape index (κ2) is 10.8. The maximum atomic E-state index is 13.8. The normalized spacial score (nSPS) is 16.6. The van der Waals surface area contributed by atoms with Crippen LogP contribution in [0.25, 0.3) is 11.4 Å². The van der Waals surface area contributed by atoms with Crippen LogP contribution in [0.4, 0.5) is 35.3 Å². The molecule has 2 aliphatic heterocycles. The van der Waals surface area contributed by atoms with Crippen molar-refractivity contribution >= 4 is 35.2 Å². The van der Waals surface area contributed by atoms with E-state index in [0.717, 1.165) is 6.07 Å². The van der Waals surface area contributed by atoms with Crippen molar-refractivity contribution in [1.82, 2.24) is 24.8 Å².